The molecule has 0 aliphatic carbocycles. The van der Waals surface area contributed by atoms with Crippen molar-refractivity contribution in [3.63, 3.8) is 0 Å². The van der Waals surface area contributed by atoms with Gasteiger partial charge >= 0.3 is 6.09 Å². The summed E-state index contributed by atoms with van der Waals surface area (Å²) < 4.78 is 5.46. The normalized spacial score (nSPS) is 21.1. The van der Waals surface area contributed by atoms with Gasteiger partial charge in [-0.3, -0.25) is 0 Å². The van der Waals surface area contributed by atoms with Crippen LogP contribution in [-0.2, 0) is 4.74 Å². The number of rotatable bonds is 6. The fourth-order valence-corrected chi connectivity index (χ4v) is 2.80. The van der Waals surface area contributed by atoms with Crippen molar-refractivity contribution in [2.75, 3.05) is 19.6 Å². The third-order valence-electron chi connectivity index (χ3n) is 3.78. The van der Waals surface area contributed by atoms with Crippen LogP contribution < -0.4 is 5.32 Å². The highest BCUT2D eigenvalue weighted by atomic mass is 16.6. The second-order valence-electron chi connectivity index (χ2n) is 6.78. The highest BCUT2D eigenvalue weighted by Crippen LogP contribution is 2.24. The van der Waals surface area contributed by atoms with Crippen LogP contribution in [0.2, 0.25) is 0 Å². The minimum absolute atomic E-state index is 0.161. The van der Waals surface area contributed by atoms with Gasteiger partial charge in [0.1, 0.15) is 5.60 Å². The Kier molecular flexibility index (Phi) is 6.80. The summed E-state index contributed by atoms with van der Waals surface area (Å²) >= 11 is 0. The maximum Gasteiger partial charge on any atom is 0.410 e. The molecule has 0 aromatic rings. The lowest BCUT2D eigenvalue weighted by atomic mass is 9.94. The first-order valence-corrected chi connectivity index (χ1v) is 8.08. The maximum absolute atomic E-state index is 12.1. The van der Waals surface area contributed by atoms with Crippen LogP contribution in [0.25, 0.3) is 0 Å². The standard InChI is InChI=1S/C16H32N2O2/c1-6-8-9-14(17-7-2)13-10-11-18(12-13)15(19)20-16(3,4)5/h13-14,17H,6-12H2,1-5H3. The van der Waals surface area contributed by atoms with Crippen LogP contribution in [0.1, 0.15) is 60.3 Å². The molecular weight excluding hydrogens is 252 g/mol. The summed E-state index contributed by atoms with van der Waals surface area (Å²) in [5.41, 5.74) is -0.404. The van der Waals surface area contributed by atoms with Crippen LogP contribution >= 0.6 is 0 Å². The van der Waals surface area contributed by atoms with Gasteiger partial charge in [-0.15, -0.1) is 0 Å². The number of amides is 1. The topological polar surface area (TPSA) is 41.6 Å². The SMILES string of the molecule is CCCCC(NCC)C1CCN(C(=O)OC(C)(C)C)C1. The lowest BCUT2D eigenvalue weighted by Gasteiger charge is -2.26. The zero-order valence-corrected chi connectivity index (χ0v) is 13.9. The van der Waals surface area contributed by atoms with Gasteiger partial charge in [-0.25, -0.2) is 4.79 Å². The van der Waals surface area contributed by atoms with E-state index in [0.29, 0.717) is 12.0 Å². The number of carbonyl (C=O) groups is 1. The molecule has 2 unspecified atom stereocenters. The van der Waals surface area contributed by atoms with Crippen molar-refractivity contribution in [3.8, 4) is 0 Å². The maximum atomic E-state index is 12.1. The smallest absolute Gasteiger partial charge is 0.410 e. The molecule has 1 heterocycles. The average molecular weight is 284 g/mol. The molecule has 1 fully saturated rings. The van der Waals surface area contributed by atoms with Crippen molar-refractivity contribution >= 4 is 6.09 Å². The molecule has 20 heavy (non-hydrogen) atoms. The van der Waals surface area contributed by atoms with E-state index in [4.69, 9.17) is 4.74 Å². The zero-order chi connectivity index (χ0) is 15.2. The molecule has 1 aliphatic rings. The lowest BCUT2D eigenvalue weighted by Crippen LogP contribution is -2.40. The summed E-state index contributed by atoms with van der Waals surface area (Å²) in [6, 6.07) is 0.535. The van der Waals surface area contributed by atoms with E-state index in [2.05, 4.69) is 19.2 Å². The molecule has 1 N–H and O–H groups in total. The highest BCUT2D eigenvalue weighted by Gasteiger charge is 2.33. The minimum Gasteiger partial charge on any atom is -0.444 e. The number of ether oxygens (including phenoxy) is 1. The summed E-state index contributed by atoms with van der Waals surface area (Å²) in [6.07, 6.45) is 4.61. The molecule has 2 atom stereocenters. The van der Waals surface area contributed by atoms with Gasteiger partial charge in [0, 0.05) is 19.1 Å². The van der Waals surface area contributed by atoms with E-state index in [1.807, 2.05) is 25.7 Å². The molecule has 0 aromatic heterocycles. The van der Waals surface area contributed by atoms with Gasteiger partial charge in [0.05, 0.1) is 0 Å². The Morgan fingerprint density at radius 1 is 1.40 bits per heavy atom. The molecular formula is C16H32N2O2. The zero-order valence-electron chi connectivity index (χ0n) is 13.9. The Morgan fingerprint density at radius 2 is 2.10 bits per heavy atom. The Labute approximate surface area is 124 Å². The van der Waals surface area contributed by atoms with E-state index in [-0.39, 0.29) is 6.09 Å². The predicted octanol–water partition coefficient (Wildman–Crippen LogP) is 3.41. The summed E-state index contributed by atoms with van der Waals surface area (Å²) in [4.78, 5) is 14.0. The summed E-state index contributed by atoms with van der Waals surface area (Å²) in [7, 11) is 0. The van der Waals surface area contributed by atoms with Crippen molar-refractivity contribution in [1.29, 1.82) is 0 Å². The van der Waals surface area contributed by atoms with Crippen LogP contribution in [0.5, 0.6) is 0 Å². The first-order valence-electron chi connectivity index (χ1n) is 8.08. The molecule has 1 rings (SSSR count). The van der Waals surface area contributed by atoms with Gasteiger partial charge in [-0.05, 0) is 46.1 Å². The first-order chi connectivity index (χ1) is 9.37. The molecule has 1 aliphatic heterocycles. The second-order valence-corrected chi connectivity index (χ2v) is 6.78. The molecule has 118 valence electrons. The van der Waals surface area contributed by atoms with E-state index in [0.717, 1.165) is 26.1 Å². The molecule has 0 radical (unpaired) electrons. The number of nitrogens with zero attached hydrogens (tertiary/aromatic N) is 1. The Morgan fingerprint density at radius 3 is 2.65 bits per heavy atom. The number of hydrogen-bond donors (Lipinski definition) is 1. The van der Waals surface area contributed by atoms with Crippen LogP contribution in [0, 0.1) is 5.92 Å². The van der Waals surface area contributed by atoms with Crippen LogP contribution in [0.15, 0.2) is 0 Å². The number of hydrogen-bond acceptors (Lipinski definition) is 3. The van der Waals surface area contributed by atoms with Crippen molar-refractivity contribution in [1.82, 2.24) is 10.2 Å². The molecule has 0 aromatic carbocycles. The highest BCUT2D eigenvalue weighted by molar-refractivity contribution is 5.68. The summed E-state index contributed by atoms with van der Waals surface area (Å²) in [6.45, 7) is 12.8. The fourth-order valence-electron chi connectivity index (χ4n) is 2.80. The van der Waals surface area contributed by atoms with E-state index in [1.54, 1.807) is 0 Å². The quantitative estimate of drug-likeness (QED) is 0.812. The summed E-state index contributed by atoms with van der Waals surface area (Å²) in [5, 5.41) is 3.59. The number of carbonyl (C=O) groups excluding carboxylic acids is 1. The third kappa shape index (κ3) is 5.70. The molecule has 0 saturated carbocycles. The van der Waals surface area contributed by atoms with E-state index >= 15 is 0 Å². The largest absolute Gasteiger partial charge is 0.444 e. The van der Waals surface area contributed by atoms with E-state index in [9.17, 15) is 4.79 Å². The number of likely N-dealkylation sites (tertiary alicyclic amines) is 1. The Hall–Kier alpha value is -0.770. The van der Waals surface area contributed by atoms with Crippen molar-refractivity contribution in [3.05, 3.63) is 0 Å². The second kappa shape index (κ2) is 7.87. The Bertz CT molecular complexity index is 299. The summed E-state index contributed by atoms with van der Waals surface area (Å²) in [5.74, 6) is 0.564. The van der Waals surface area contributed by atoms with Crippen molar-refractivity contribution in [2.24, 2.45) is 5.92 Å². The lowest BCUT2D eigenvalue weighted by molar-refractivity contribution is 0.0285. The van der Waals surface area contributed by atoms with Crippen molar-refractivity contribution < 1.29 is 9.53 Å². The fraction of sp³-hybridized carbons (Fsp3) is 0.938. The number of nitrogens with one attached hydrogen (secondary N) is 1. The van der Waals surface area contributed by atoms with Gasteiger partial charge < -0.3 is 15.0 Å². The van der Waals surface area contributed by atoms with Crippen LogP contribution in [0.4, 0.5) is 4.79 Å². The molecule has 4 nitrogen and oxygen atoms in total. The van der Waals surface area contributed by atoms with Gasteiger partial charge in [0.25, 0.3) is 0 Å². The first kappa shape index (κ1) is 17.3. The van der Waals surface area contributed by atoms with Gasteiger partial charge in [0.2, 0.25) is 0 Å². The average Bonchev–Trinajstić information content (AvgIpc) is 2.82. The Balaban J connectivity index is 2.49. The van der Waals surface area contributed by atoms with Gasteiger partial charge in [0.15, 0.2) is 0 Å². The monoisotopic (exact) mass is 284 g/mol. The molecule has 0 bridgehead atoms. The van der Waals surface area contributed by atoms with Gasteiger partial charge in [-0.1, -0.05) is 26.7 Å². The van der Waals surface area contributed by atoms with Crippen LogP contribution in [-0.4, -0.2) is 42.3 Å². The van der Waals surface area contributed by atoms with E-state index < -0.39 is 5.60 Å². The number of unbranched alkanes of at least 4 members (excludes halogenated alkanes) is 1. The van der Waals surface area contributed by atoms with Gasteiger partial charge in [-0.2, -0.15) is 0 Å². The minimum atomic E-state index is -0.404. The molecule has 0 spiro atoms. The predicted molar refractivity (Wildman–Crippen MR) is 82.9 cm³/mol. The van der Waals surface area contributed by atoms with Crippen LogP contribution in [0.3, 0.4) is 0 Å². The molecule has 1 saturated heterocycles. The third-order valence-corrected chi connectivity index (χ3v) is 3.78. The van der Waals surface area contributed by atoms with E-state index in [1.165, 1.54) is 19.3 Å². The molecule has 1 amide bonds. The molecule has 4 heteroatoms. The van der Waals surface area contributed by atoms with Crippen molar-refractivity contribution in [2.45, 2.75) is 71.9 Å².